The van der Waals surface area contributed by atoms with Crippen molar-refractivity contribution >= 4 is 38.4 Å². The van der Waals surface area contributed by atoms with Gasteiger partial charge in [0.05, 0.1) is 16.0 Å². The van der Waals surface area contributed by atoms with E-state index in [1.807, 2.05) is 0 Å². The summed E-state index contributed by atoms with van der Waals surface area (Å²) < 4.78 is 41.4. The summed E-state index contributed by atoms with van der Waals surface area (Å²) in [6.07, 6.45) is 3.50. The van der Waals surface area contributed by atoms with Crippen molar-refractivity contribution in [3.63, 3.8) is 0 Å². The Bertz CT molecular complexity index is 1300. The van der Waals surface area contributed by atoms with Gasteiger partial charge in [-0.25, -0.2) is 12.8 Å². The maximum absolute atomic E-state index is 13.5. The number of aliphatic imine (C=N–C) groups is 1. The number of hydrogen-bond donors (Lipinski definition) is 2. The molecule has 1 aromatic heterocycles. The van der Waals surface area contributed by atoms with Crippen molar-refractivity contribution in [2.75, 3.05) is 11.9 Å². The molecule has 0 spiro atoms. The van der Waals surface area contributed by atoms with Gasteiger partial charge in [-0.05, 0) is 62.2 Å². The van der Waals surface area contributed by atoms with Gasteiger partial charge in [0.1, 0.15) is 11.7 Å². The van der Waals surface area contributed by atoms with Gasteiger partial charge < -0.3 is 5.32 Å². The summed E-state index contributed by atoms with van der Waals surface area (Å²) in [4.78, 5) is 21.5. The van der Waals surface area contributed by atoms with E-state index in [0.717, 1.165) is 19.3 Å². The van der Waals surface area contributed by atoms with E-state index in [1.54, 1.807) is 13.0 Å². The first-order valence-corrected chi connectivity index (χ1v) is 11.8. The summed E-state index contributed by atoms with van der Waals surface area (Å²) in [7, 11) is -3.75. The Labute approximate surface area is 185 Å². The van der Waals surface area contributed by atoms with Gasteiger partial charge in [0.15, 0.2) is 0 Å². The molecule has 0 saturated carbocycles. The third-order valence-corrected chi connectivity index (χ3v) is 6.59. The predicted molar refractivity (Wildman–Crippen MR) is 122 cm³/mol. The lowest BCUT2D eigenvalue weighted by Gasteiger charge is -2.11. The maximum Gasteiger partial charge on any atom is 0.262 e. The lowest BCUT2D eigenvalue weighted by atomic mass is 10.1. The summed E-state index contributed by atoms with van der Waals surface area (Å²) >= 11 is 0. The number of carbonyl (C=O) groups excluding carboxylic acids is 1. The second-order valence-electron chi connectivity index (χ2n) is 7.70. The van der Waals surface area contributed by atoms with E-state index in [2.05, 4.69) is 20.0 Å². The highest BCUT2D eigenvalue weighted by atomic mass is 32.2. The molecule has 0 fully saturated rings. The SMILES string of the molecule is Cc1cc(C(=O)Nc2ccc(S(=O)(=O)NC3=NCCCCC3)cc2)c2ccc(F)cc2n1. The first kappa shape index (κ1) is 21.9. The average Bonchev–Trinajstić information content (AvgIpc) is 3.01. The molecule has 0 unspecified atom stereocenters. The fourth-order valence-electron chi connectivity index (χ4n) is 3.61. The molecular weight excluding hydrogens is 431 g/mol. The van der Waals surface area contributed by atoms with E-state index >= 15 is 0 Å². The highest BCUT2D eigenvalue weighted by Crippen LogP contribution is 2.22. The topological polar surface area (TPSA) is 101 Å². The van der Waals surface area contributed by atoms with Crippen molar-refractivity contribution < 1.29 is 17.6 Å². The molecule has 1 aliphatic heterocycles. The van der Waals surface area contributed by atoms with Crippen LogP contribution in [0.1, 0.15) is 41.7 Å². The zero-order chi connectivity index (χ0) is 22.7. The molecule has 0 saturated heterocycles. The minimum Gasteiger partial charge on any atom is -0.322 e. The van der Waals surface area contributed by atoms with E-state index in [0.29, 0.717) is 46.6 Å². The van der Waals surface area contributed by atoms with Crippen LogP contribution in [0.2, 0.25) is 0 Å². The quantitative estimate of drug-likeness (QED) is 0.617. The molecule has 1 amide bonds. The van der Waals surface area contributed by atoms with Crippen LogP contribution in [0, 0.1) is 12.7 Å². The Morgan fingerprint density at radius 1 is 1.03 bits per heavy atom. The zero-order valence-electron chi connectivity index (χ0n) is 17.6. The molecule has 0 bridgehead atoms. The maximum atomic E-state index is 13.5. The van der Waals surface area contributed by atoms with Crippen LogP contribution >= 0.6 is 0 Å². The molecule has 166 valence electrons. The van der Waals surface area contributed by atoms with Crippen LogP contribution in [0.3, 0.4) is 0 Å². The molecular formula is C23H23FN4O3S. The molecule has 4 rings (SSSR count). The molecule has 1 aliphatic rings. The number of benzene rings is 2. The van der Waals surface area contributed by atoms with Crippen LogP contribution < -0.4 is 10.0 Å². The second-order valence-corrected chi connectivity index (χ2v) is 9.38. The number of aryl methyl sites for hydroxylation is 1. The standard InChI is InChI=1S/C23H23FN4O3S/c1-15-13-20(19-11-6-16(24)14-21(19)26-15)23(29)27-17-7-9-18(10-8-17)32(30,31)28-22-5-3-2-4-12-25-22/h6-11,13-14H,2-5,12H2,1H3,(H,25,28)(H,27,29). The Morgan fingerprint density at radius 2 is 1.81 bits per heavy atom. The number of halogens is 1. The number of hydrogen-bond acceptors (Lipinski definition) is 5. The first-order valence-electron chi connectivity index (χ1n) is 10.4. The van der Waals surface area contributed by atoms with Crippen LogP contribution in [0.4, 0.5) is 10.1 Å². The van der Waals surface area contributed by atoms with E-state index in [1.165, 1.54) is 42.5 Å². The molecule has 2 aromatic carbocycles. The normalized spacial score (nSPS) is 14.5. The van der Waals surface area contributed by atoms with E-state index in [9.17, 15) is 17.6 Å². The summed E-state index contributed by atoms with van der Waals surface area (Å²) in [6.45, 7) is 2.35. The number of nitrogens with zero attached hydrogens (tertiary/aromatic N) is 2. The van der Waals surface area contributed by atoms with Crippen molar-refractivity contribution in [1.29, 1.82) is 0 Å². The third kappa shape index (κ3) is 4.94. The molecule has 0 aliphatic carbocycles. The Hall–Kier alpha value is -3.33. The van der Waals surface area contributed by atoms with E-state index < -0.39 is 21.7 Å². The summed E-state index contributed by atoms with van der Waals surface area (Å²) in [6, 6.07) is 11.6. The van der Waals surface area contributed by atoms with Crippen molar-refractivity contribution in [1.82, 2.24) is 9.71 Å². The van der Waals surface area contributed by atoms with Crippen LogP contribution in [-0.4, -0.2) is 31.7 Å². The number of pyridine rings is 1. The largest absolute Gasteiger partial charge is 0.322 e. The summed E-state index contributed by atoms with van der Waals surface area (Å²) in [5.74, 6) is -0.341. The van der Waals surface area contributed by atoms with Gasteiger partial charge in [0.25, 0.3) is 15.9 Å². The molecule has 0 atom stereocenters. The van der Waals surface area contributed by atoms with Gasteiger partial charge in [-0.2, -0.15) is 0 Å². The Morgan fingerprint density at radius 3 is 2.59 bits per heavy atom. The number of rotatable bonds is 4. The number of carbonyl (C=O) groups is 1. The van der Waals surface area contributed by atoms with E-state index in [-0.39, 0.29) is 4.90 Å². The first-order chi connectivity index (χ1) is 15.3. The van der Waals surface area contributed by atoms with Gasteiger partial charge in [0, 0.05) is 35.8 Å². The third-order valence-electron chi connectivity index (χ3n) is 5.19. The summed E-state index contributed by atoms with van der Waals surface area (Å²) in [5.41, 5.74) is 1.77. The molecule has 0 radical (unpaired) electrons. The van der Waals surface area contributed by atoms with Crippen LogP contribution in [0.5, 0.6) is 0 Å². The molecule has 32 heavy (non-hydrogen) atoms. The van der Waals surface area contributed by atoms with Crippen molar-refractivity contribution in [3.05, 3.63) is 65.6 Å². The smallest absolute Gasteiger partial charge is 0.262 e. The van der Waals surface area contributed by atoms with Crippen LogP contribution in [-0.2, 0) is 10.0 Å². The number of amides is 1. The number of sulfonamides is 1. The average molecular weight is 455 g/mol. The van der Waals surface area contributed by atoms with E-state index in [4.69, 9.17) is 0 Å². The lowest BCUT2D eigenvalue weighted by molar-refractivity contribution is 0.102. The van der Waals surface area contributed by atoms with Gasteiger partial charge >= 0.3 is 0 Å². The van der Waals surface area contributed by atoms with Gasteiger partial charge in [0.2, 0.25) is 0 Å². The molecule has 7 nitrogen and oxygen atoms in total. The Balaban J connectivity index is 1.52. The Kier molecular flexibility index (Phi) is 6.18. The number of fused-ring (bicyclic) bond motifs is 1. The van der Waals surface area contributed by atoms with Crippen LogP contribution in [0.25, 0.3) is 10.9 Å². The van der Waals surface area contributed by atoms with Crippen LogP contribution in [0.15, 0.2) is 58.4 Å². The van der Waals surface area contributed by atoms with Crippen molar-refractivity contribution in [2.45, 2.75) is 37.5 Å². The lowest BCUT2D eigenvalue weighted by Crippen LogP contribution is -2.30. The highest BCUT2D eigenvalue weighted by molar-refractivity contribution is 7.90. The molecule has 2 heterocycles. The minimum absolute atomic E-state index is 0.0862. The fraction of sp³-hybridized carbons (Fsp3) is 0.261. The van der Waals surface area contributed by atoms with Gasteiger partial charge in [-0.1, -0.05) is 6.42 Å². The number of nitrogens with one attached hydrogen (secondary N) is 2. The van der Waals surface area contributed by atoms with Gasteiger partial charge in [-0.15, -0.1) is 0 Å². The highest BCUT2D eigenvalue weighted by Gasteiger charge is 2.18. The van der Waals surface area contributed by atoms with Gasteiger partial charge in [-0.3, -0.25) is 19.5 Å². The molecule has 2 N–H and O–H groups in total. The van der Waals surface area contributed by atoms with Crippen molar-refractivity contribution in [3.8, 4) is 0 Å². The summed E-state index contributed by atoms with van der Waals surface area (Å²) in [5, 5.41) is 3.29. The van der Waals surface area contributed by atoms with Crippen molar-refractivity contribution in [2.24, 2.45) is 4.99 Å². The second kappa shape index (κ2) is 9.04. The number of amidine groups is 1. The minimum atomic E-state index is -3.75. The molecule has 3 aromatic rings. The fourth-order valence-corrected chi connectivity index (χ4v) is 4.70. The monoisotopic (exact) mass is 454 g/mol. The molecule has 9 heteroatoms. The zero-order valence-corrected chi connectivity index (χ0v) is 18.4. The predicted octanol–water partition coefficient (Wildman–Crippen LogP) is 4.19. The number of aromatic nitrogens is 1. The number of anilines is 1.